The SMILES string of the molecule is O=C(O)CCCNC(=O)c1ccc(NC(=O)OCC2c3ccccc3-c3ccccc32)cc1F. The number of ether oxygens (including phenoxy) is 1. The van der Waals surface area contributed by atoms with Gasteiger partial charge in [-0.15, -0.1) is 0 Å². The number of amides is 2. The van der Waals surface area contributed by atoms with Gasteiger partial charge in [-0.1, -0.05) is 48.5 Å². The Labute approximate surface area is 195 Å². The minimum atomic E-state index is -0.968. The highest BCUT2D eigenvalue weighted by Gasteiger charge is 2.29. The summed E-state index contributed by atoms with van der Waals surface area (Å²) in [6, 6.07) is 19.6. The van der Waals surface area contributed by atoms with Crippen molar-refractivity contribution < 1.29 is 28.6 Å². The molecule has 0 heterocycles. The summed E-state index contributed by atoms with van der Waals surface area (Å²) in [5.74, 6) is -2.53. The molecule has 0 saturated carbocycles. The van der Waals surface area contributed by atoms with E-state index in [4.69, 9.17) is 9.84 Å². The first-order valence-corrected chi connectivity index (χ1v) is 10.9. The molecule has 0 fully saturated rings. The Morgan fingerprint density at radius 2 is 1.59 bits per heavy atom. The number of carbonyl (C=O) groups excluding carboxylic acids is 2. The predicted octanol–water partition coefficient (Wildman–Crippen LogP) is 4.78. The molecule has 0 spiro atoms. The van der Waals surface area contributed by atoms with E-state index in [-0.39, 0.29) is 43.2 Å². The summed E-state index contributed by atoms with van der Waals surface area (Å²) in [5, 5.41) is 13.6. The van der Waals surface area contributed by atoms with E-state index in [9.17, 15) is 18.8 Å². The molecule has 34 heavy (non-hydrogen) atoms. The molecule has 0 aromatic heterocycles. The smallest absolute Gasteiger partial charge is 0.411 e. The third kappa shape index (κ3) is 5.06. The summed E-state index contributed by atoms with van der Waals surface area (Å²) in [6.07, 6.45) is -0.581. The van der Waals surface area contributed by atoms with Gasteiger partial charge in [-0.05, 0) is 46.9 Å². The number of carbonyl (C=O) groups is 3. The highest BCUT2D eigenvalue weighted by Crippen LogP contribution is 2.44. The highest BCUT2D eigenvalue weighted by atomic mass is 19.1. The lowest BCUT2D eigenvalue weighted by Crippen LogP contribution is -2.26. The number of fused-ring (bicyclic) bond motifs is 3. The third-order valence-corrected chi connectivity index (χ3v) is 5.66. The number of nitrogens with one attached hydrogen (secondary N) is 2. The second-order valence-corrected chi connectivity index (χ2v) is 7.90. The van der Waals surface area contributed by atoms with Crippen molar-refractivity contribution in [2.24, 2.45) is 0 Å². The van der Waals surface area contributed by atoms with Crippen molar-refractivity contribution in [3.8, 4) is 11.1 Å². The highest BCUT2D eigenvalue weighted by molar-refractivity contribution is 5.95. The maximum Gasteiger partial charge on any atom is 0.411 e. The monoisotopic (exact) mass is 462 g/mol. The average Bonchev–Trinajstić information content (AvgIpc) is 3.14. The minimum Gasteiger partial charge on any atom is -0.481 e. The molecule has 0 saturated heterocycles. The van der Waals surface area contributed by atoms with Gasteiger partial charge in [0.15, 0.2) is 0 Å². The van der Waals surface area contributed by atoms with E-state index in [1.165, 1.54) is 12.1 Å². The van der Waals surface area contributed by atoms with Gasteiger partial charge in [-0.25, -0.2) is 9.18 Å². The topological polar surface area (TPSA) is 105 Å². The Bertz CT molecular complexity index is 1200. The van der Waals surface area contributed by atoms with Crippen LogP contribution in [0.3, 0.4) is 0 Å². The molecule has 3 N–H and O–H groups in total. The van der Waals surface area contributed by atoms with Crippen LogP contribution in [0.25, 0.3) is 11.1 Å². The summed E-state index contributed by atoms with van der Waals surface area (Å²) in [7, 11) is 0. The van der Waals surface area contributed by atoms with Crippen molar-refractivity contribution in [1.29, 1.82) is 0 Å². The van der Waals surface area contributed by atoms with Crippen LogP contribution in [0.1, 0.15) is 40.2 Å². The fourth-order valence-electron chi connectivity index (χ4n) is 4.07. The Kier molecular flexibility index (Phi) is 6.87. The molecule has 2 amide bonds. The number of carboxylic acid groups (broad SMARTS) is 1. The fourth-order valence-corrected chi connectivity index (χ4v) is 4.07. The zero-order chi connectivity index (χ0) is 24.1. The van der Waals surface area contributed by atoms with Crippen molar-refractivity contribution in [2.75, 3.05) is 18.5 Å². The lowest BCUT2D eigenvalue weighted by Gasteiger charge is -2.15. The van der Waals surface area contributed by atoms with Crippen LogP contribution in [-0.2, 0) is 9.53 Å². The van der Waals surface area contributed by atoms with Crippen LogP contribution in [0.4, 0.5) is 14.9 Å². The quantitative estimate of drug-likeness (QED) is 0.418. The molecular weight excluding hydrogens is 439 g/mol. The zero-order valence-corrected chi connectivity index (χ0v) is 18.2. The molecule has 3 aromatic carbocycles. The summed E-state index contributed by atoms with van der Waals surface area (Å²) in [4.78, 5) is 35.0. The molecule has 1 aliphatic rings. The van der Waals surface area contributed by atoms with Gasteiger partial charge in [0.1, 0.15) is 12.4 Å². The molecule has 3 aromatic rings. The first kappa shape index (κ1) is 23.0. The van der Waals surface area contributed by atoms with E-state index < -0.39 is 23.8 Å². The second kappa shape index (κ2) is 10.2. The molecule has 8 heteroatoms. The third-order valence-electron chi connectivity index (χ3n) is 5.66. The van der Waals surface area contributed by atoms with E-state index in [2.05, 4.69) is 10.6 Å². The number of hydrogen-bond acceptors (Lipinski definition) is 4. The van der Waals surface area contributed by atoms with E-state index in [1.54, 1.807) is 0 Å². The number of carboxylic acids is 1. The van der Waals surface area contributed by atoms with E-state index >= 15 is 0 Å². The van der Waals surface area contributed by atoms with Gasteiger partial charge >= 0.3 is 12.1 Å². The summed E-state index contributed by atoms with van der Waals surface area (Å²) >= 11 is 0. The van der Waals surface area contributed by atoms with Crippen LogP contribution in [-0.4, -0.2) is 36.2 Å². The molecule has 0 atom stereocenters. The first-order chi connectivity index (χ1) is 16.4. The molecule has 0 unspecified atom stereocenters. The van der Waals surface area contributed by atoms with Crippen molar-refractivity contribution in [1.82, 2.24) is 5.32 Å². The van der Waals surface area contributed by atoms with Crippen LogP contribution in [0, 0.1) is 5.82 Å². The molecule has 0 radical (unpaired) electrons. The lowest BCUT2D eigenvalue weighted by atomic mass is 9.98. The molecule has 0 bridgehead atoms. The maximum atomic E-state index is 14.4. The van der Waals surface area contributed by atoms with Crippen molar-refractivity contribution in [2.45, 2.75) is 18.8 Å². The van der Waals surface area contributed by atoms with Crippen molar-refractivity contribution in [3.05, 3.63) is 89.2 Å². The molecule has 7 nitrogen and oxygen atoms in total. The van der Waals surface area contributed by atoms with Crippen LogP contribution < -0.4 is 10.6 Å². The number of rotatable bonds is 8. The molecular formula is C26H23FN2O5. The summed E-state index contributed by atoms with van der Waals surface area (Å²) in [5.41, 5.74) is 4.35. The number of halogens is 1. The van der Waals surface area contributed by atoms with Crippen LogP contribution in [0.2, 0.25) is 0 Å². The van der Waals surface area contributed by atoms with Crippen LogP contribution in [0.15, 0.2) is 66.7 Å². The van der Waals surface area contributed by atoms with E-state index in [0.717, 1.165) is 28.3 Å². The van der Waals surface area contributed by atoms with Gasteiger partial charge in [-0.2, -0.15) is 0 Å². The van der Waals surface area contributed by atoms with E-state index in [1.807, 2.05) is 48.5 Å². The van der Waals surface area contributed by atoms with Crippen LogP contribution >= 0.6 is 0 Å². The normalized spacial score (nSPS) is 11.9. The summed E-state index contributed by atoms with van der Waals surface area (Å²) in [6.45, 7) is 0.240. The number of anilines is 1. The van der Waals surface area contributed by atoms with Crippen LogP contribution in [0.5, 0.6) is 0 Å². The van der Waals surface area contributed by atoms with Crippen molar-refractivity contribution in [3.63, 3.8) is 0 Å². The average molecular weight is 462 g/mol. The first-order valence-electron chi connectivity index (χ1n) is 10.9. The van der Waals surface area contributed by atoms with E-state index in [0.29, 0.717) is 0 Å². The van der Waals surface area contributed by atoms with Gasteiger partial charge in [0.05, 0.1) is 5.56 Å². The molecule has 4 rings (SSSR count). The van der Waals surface area contributed by atoms with Gasteiger partial charge in [0, 0.05) is 24.6 Å². The number of aliphatic carboxylic acids is 1. The van der Waals surface area contributed by atoms with Gasteiger partial charge in [0.2, 0.25) is 0 Å². The largest absolute Gasteiger partial charge is 0.481 e. The Morgan fingerprint density at radius 3 is 2.21 bits per heavy atom. The maximum absolute atomic E-state index is 14.4. The van der Waals surface area contributed by atoms with Crippen molar-refractivity contribution >= 4 is 23.7 Å². The Balaban J connectivity index is 1.34. The second-order valence-electron chi connectivity index (χ2n) is 7.90. The molecule has 1 aliphatic carbocycles. The standard InChI is InChI=1S/C26H23FN2O5/c27-23-14-16(11-12-21(23)25(32)28-13-5-10-24(30)31)29-26(33)34-15-22-19-8-3-1-6-17(19)18-7-2-4-9-20(18)22/h1-4,6-9,11-12,14,22H,5,10,13,15H2,(H,28,32)(H,29,33)(H,30,31). The van der Waals surface area contributed by atoms with Gasteiger partial charge < -0.3 is 15.2 Å². The lowest BCUT2D eigenvalue weighted by molar-refractivity contribution is -0.137. The van der Waals surface area contributed by atoms with Gasteiger partial charge in [0.25, 0.3) is 5.91 Å². The number of benzene rings is 3. The molecule has 174 valence electrons. The zero-order valence-electron chi connectivity index (χ0n) is 18.2. The minimum absolute atomic E-state index is 0.0915. The van der Waals surface area contributed by atoms with Gasteiger partial charge in [-0.3, -0.25) is 14.9 Å². The Hall–Kier alpha value is -4.20. The fraction of sp³-hybridized carbons (Fsp3) is 0.192. The number of hydrogen-bond donors (Lipinski definition) is 3. The predicted molar refractivity (Wildman–Crippen MR) is 124 cm³/mol. The summed E-state index contributed by atoms with van der Waals surface area (Å²) < 4.78 is 19.8. The molecule has 0 aliphatic heterocycles. The Morgan fingerprint density at radius 1 is 0.941 bits per heavy atom.